The van der Waals surface area contributed by atoms with Gasteiger partial charge in [0.1, 0.15) is 13.2 Å². The molecule has 0 spiro atoms. The minimum Gasteiger partial charge on any atom is -0.486 e. The Balaban J connectivity index is 1.88. The fraction of sp³-hybridized carbons (Fsp3) is 0.381. The average Bonchev–Trinajstić information content (AvgIpc) is 3.10. The van der Waals surface area contributed by atoms with Crippen LogP contribution in [-0.2, 0) is 4.74 Å². The summed E-state index contributed by atoms with van der Waals surface area (Å²) in [6, 6.07) is 7.52. The molecule has 0 unspecified atom stereocenters. The summed E-state index contributed by atoms with van der Waals surface area (Å²) in [6.07, 6.45) is 1.46. The summed E-state index contributed by atoms with van der Waals surface area (Å²) < 4.78 is 18.5. The highest BCUT2D eigenvalue weighted by Gasteiger charge is 2.21. The molecule has 0 atom stereocenters. The minimum atomic E-state index is -0.385. The lowest BCUT2D eigenvalue weighted by Crippen LogP contribution is -2.15. The van der Waals surface area contributed by atoms with Crippen molar-refractivity contribution in [1.29, 1.82) is 0 Å². The Morgan fingerprint density at radius 1 is 1.11 bits per heavy atom. The Morgan fingerprint density at radius 2 is 1.86 bits per heavy atom. The van der Waals surface area contributed by atoms with Crippen molar-refractivity contribution < 1.29 is 19.0 Å². The third kappa shape index (κ3) is 3.28. The Bertz CT molecular complexity index is 1040. The van der Waals surface area contributed by atoms with E-state index in [4.69, 9.17) is 19.2 Å². The molecule has 1 aliphatic heterocycles. The van der Waals surface area contributed by atoms with Gasteiger partial charge in [-0.05, 0) is 52.0 Å². The van der Waals surface area contributed by atoms with Crippen LogP contribution in [0.4, 0.5) is 0 Å². The highest BCUT2D eigenvalue weighted by molar-refractivity contribution is 6.03. The van der Waals surface area contributed by atoms with Gasteiger partial charge in [0.15, 0.2) is 17.1 Å². The molecule has 0 aliphatic carbocycles. The molecule has 0 saturated carbocycles. The van der Waals surface area contributed by atoms with E-state index < -0.39 is 0 Å². The van der Waals surface area contributed by atoms with Crippen LogP contribution in [0.3, 0.4) is 0 Å². The molecule has 1 aromatic carbocycles. The summed E-state index contributed by atoms with van der Waals surface area (Å²) >= 11 is 0. The molecule has 0 N–H and O–H groups in total. The number of fused-ring (bicyclic) bond motifs is 2. The molecular formula is C21H23N3O4. The van der Waals surface area contributed by atoms with Crippen molar-refractivity contribution in [3.8, 4) is 22.8 Å². The molecule has 7 nitrogen and oxygen atoms in total. The van der Waals surface area contributed by atoms with E-state index >= 15 is 0 Å². The summed E-state index contributed by atoms with van der Waals surface area (Å²) in [4.78, 5) is 17.5. The Kier molecular flexibility index (Phi) is 4.66. The number of nitrogens with zero attached hydrogens (tertiary/aromatic N) is 3. The first-order chi connectivity index (χ1) is 13.4. The smallest absolute Gasteiger partial charge is 0.339 e. The van der Waals surface area contributed by atoms with Crippen molar-refractivity contribution in [2.75, 3.05) is 13.2 Å². The van der Waals surface area contributed by atoms with Gasteiger partial charge in [0.2, 0.25) is 0 Å². The molecule has 2 aromatic heterocycles. The van der Waals surface area contributed by atoms with Crippen LogP contribution >= 0.6 is 0 Å². The first-order valence-corrected chi connectivity index (χ1v) is 9.43. The van der Waals surface area contributed by atoms with E-state index in [1.54, 1.807) is 12.3 Å². The van der Waals surface area contributed by atoms with E-state index in [9.17, 15) is 4.79 Å². The first-order valence-electron chi connectivity index (χ1n) is 9.43. The summed E-state index contributed by atoms with van der Waals surface area (Å²) in [6.45, 7) is 8.75. The largest absolute Gasteiger partial charge is 0.486 e. The number of esters is 1. The highest BCUT2D eigenvalue weighted by Crippen LogP contribution is 2.35. The van der Waals surface area contributed by atoms with Gasteiger partial charge >= 0.3 is 5.97 Å². The van der Waals surface area contributed by atoms with Gasteiger partial charge in [-0.3, -0.25) is 0 Å². The van der Waals surface area contributed by atoms with E-state index in [-0.39, 0.29) is 18.1 Å². The number of benzene rings is 1. The van der Waals surface area contributed by atoms with Crippen LogP contribution in [-0.4, -0.2) is 40.1 Å². The van der Waals surface area contributed by atoms with Gasteiger partial charge < -0.3 is 14.2 Å². The second-order valence-electron chi connectivity index (χ2n) is 7.29. The molecule has 0 fully saturated rings. The number of ether oxygens (including phenoxy) is 3. The topological polar surface area (TPSA) is 75.5 Å². The monoisotopic (exact) mass is 381 g/mol. The van der Waals surface area contributed by atoms with Crippen LogP contribution < -0.4 is 9.47 Å². The van der Waals surface area contributed by atoms with Crippen molar-refractivity contribution >= 4 is 17.0 Å². The molecule has 0 amide bonds. The highest BCUT2D eigenvalue weighted by atomic mass is 16.6. The van der Waals surface area contributed by atoms with Gasteiger partial charge in [0, 0.05) is 11.6 Å². The zero-order chi connectivity index (χ0) is 19.8. The Hall–Kier alpha value is -3.09. The molecule has 0 bridgehead atoms. The second-order valence-corrected chi connectivity index (χ2v) is 7.29. The molecule has 146 valence electrons. The van der Waals surface area contributed by atoms with Crippen LogP contribution in [0.25, 0.3) is 22.3 Å². The first kappa shape index (κ1) is 18.3. The van der Waals surface area contributed by atoms with E-state index in [0.29, 0.717) is 47.0 Å². The van der Waals surface area contributed by atoms with E-state index in [1.165, 1.54) is 0 Å². The maximum Gasteiger partial charge on any atom is 0.339 e. The van der Waals surface area contributed by atoms with Crippen LogP contribution in [0.1, 0.15) is 44.1 Å². The maximum atomic E-state index is 12.7. The SMILES string of the molecule is CC(C)OC(=O)c1cc(-c2ccc3c(c2)OCCO3)nc2c1cnn2C(C)C. The molecular weight excluding hydrogens is 358 g/mol. The van der Waals surface area contributed by atoms with Crippen molar-refractivity contribution in [3.05, 3.63) is 36.0 Å². The summed E-state index contributed by atoms with van der Waals surface area (Å²) in [5.41, 5.74) is 2.59. The van der Waals surface area contributed by atoms with Crippen LogP contribution in [0, 0.1) is 0 Å². The molecule has 7 heteroatoms. The fourth-order valence-corrected chi connectivity index (χ4v) is 3.19. The molecule has 4 rings (SSSR count). The summed E-state index contributed by atoms with van der Waals surface area (Å²) in [5.74, 6) is 1.00. The molecule has 0 saturated heterocycles. The normalized spacial score (nSPS) is 13.4. The predicted molar refractivity (Wildman–Crippen MR) is 105 cm³/mol. The number of carbonyl (C=O) groups excluding carboxylic acids is 1. The van der Waals surface area contributed by atoms with Crippen LogP contribution in [0.2, 0.25) is 0 Å². The standard InChI is InChI=1S/C21H23N3O4/c1-12(2)24-20-16(11-22-24)15(21(25)28-13(3)4)10-17(23-20)14-5-6-18-19(9-14)27-8-7-26-18/h5-6,9-13H,7-8H2,1-4H3. The van der Waals surface area contributed by atoms with Crippen molar-refractivity contribution in [3.63, 3.8) is 0 Å². The minimum absolute atomic E-state index is 0.106. The summed E-state index contributed by atoms with van der Waals surface area (Å²) in [5, 5.41) is 5.10. The van der Waals surface area contributed by atoms with Crippen LogP contribution in [0.5, 0.6) is 11.5 Å². The lowest BCUT2D eigenvalue weighted by Gasteiger charge is -2.19. The zero-order valence-electron chi connectivity index (χ0n) is 16.4. The third-order valence-corrected chi connectivity index (χ3v) is 4.46. The van der Waals surface area contributed by atoms with Crippen molar-refractivity contribution in [1.82, 2.24) is 14.8 Å². The van der Waals surface area contributed by atoms with Gasteiger partial charge in [-0.2, -0.15) is 5.10 Å². The number of pyridine rings is 1. The lowest BCUT2D eigenvalue weighted by molar-refractivity contribution is 0.0380. The Morgan fingerprint density at radius 3 is 2.57 bits per heavy atom. The van der Waals surface area contributed by atoms with Crippen molar-refractivity contribution in [2.24, 2.45) is 0 Å². The molecule has 28 heavy (non-hydrogen) atoms. The average molecular weight is 381 g/mol. The van der Waals surface area contributed by atoms with Crippen molar-refractivity contribution in [2.45, 2.75) is 39.8 Å². The van der Waals surface area contributed by atoms with Gasteiger partial charge in [-0.15, -0.1) is 0 Å². The van der Waals surface area contributed by atoms with Gasteiger partial charge in [0.25, 0.3) is 0 Å². The molecule has 3 heterocycles. The van der Waals surface area contributed by atoms with E-state index in [1.807, 2.05) is 50.6 Å². The number of hydrogen-bond donors (Lipinski definition) is 0. The second kappa shape index (κ2) is 7.14. The zero-order valence-corrected chi connectivity index (χ0v) is 16.4. The number of carbonyl (C=O) groups is 1. The number of rotatable bonds is 4. The van der Waals surface area contributed by atoms with E-state index in [0.717, 1.165) is 5.56 Å². The number of aromatic nitrogens is 3. The Labute approximate surface area is 163 Å². The molecule has 0 radical (unpaired) electrons. The maximum absolute atomic E-state index is 12.7. The van der Waals surface area contributed by atoms with Gasteiger partial charge in [-0.1, -0.05) is 0 Å². The van der Waals surface area contributed by atoms with Gasteiger partial charge in [-0.25, -0.2) is 14.5 Å². The van der Waals surface area contributed by atoms with Gasteiger partial charge in [0.05, 0.1) is 28.9 Å². The molecule has 3 aromatic rings. The summed E-state index contributed by atoms with van der Waals surface area (Å²) in [7, 11) is 0. The lowest BCUT2D eigenvalue weighted by atomic mass is 10.1. The van der Waals surface area contributed by atoms with Crippen LogP contribution in [0.15, 0.2) is 30.5 Å². The third-order valence-electron chi connectivity index (χ3n) is 4.46. The molecule has 1 aliphatic rings. The fourth-order valence-electron chi connectivity index (χ4n) is 3.19. The number of hydrogen-bond acceptors (Lipinski definition) is 6. The van der Waals surface area contributed by atoms with E-state index in [2.05, 4.69) is 5.10 Å². The predicted octanol–water partition coefficient (Wildman–Crippen LogP) is 4.02. The quantitative estimate of drug-likeness (QED) is 0.636.